The number of carbonyl (C=O) groups is 3. The van der Waals surface area contributed by atoms with Gasteiger partial charge in [0.25, 0.3) is 0 Å². The van der Waals surface area contributed by atoms with Crippen LogP contribution in [0.1, 0.15) is 323 Å². The third-order valence-electron chi connectivity index (χ3n) is 13.7. The van der Waals surface area contributed by atoms with Crippen molar-refractivity contribution < 1.29 is 28.6 Å². The van der Waals surface area contributed by atoms with Crippen molar-refractivity contribution in [3.63, 3.8) is 0 Å². The van der Waals surface area contributed by atoms with E-state index in [0.29, 0.717) is 19.3 Å². The van der Waals surface area contributed by atoms with E-state index in [1.807, 2.05) is 0 Å². The number of rotatable bonds is 57. The van der Waals surface area contributed by atoms with Crippen molar-refractivity contribution >= 4 is 17.9 Å². The molecule has 1 unspecified atom stereocenters. The summed E-state index contributed by atoms with van der Waals surface area (Å²) in [6, 6.07) is 0. The van der Waals surface area contributed by atoms with E-state index in [1.54, 1.807) is 0 Å². The van der Waals surface area contributed by atoms with Gasteiger partial charge in [-0.2, -0.15) is 0 Å². The van der Waals surface area contributed by atoms with E-state index in [9.17, 15) is 14.4 Å². The summed E-state index contributed by atoms with van der Waals surface area (Å²) in [5.74, 6) is -0.891. The molecule has 0 rings (SSSR count). The molecule has 0 aromatic rings. The minimum atomic E-state index is -0.786. The monoisotopic (exact) mass is 1010 g/mol. The maximum absolute atomic E-state index is 12.9. The van der Waals surface area contributed by atoms with E-state index in [2.05, 4.69) is 81.5 Å². The second-order valence-electron chi connectivity index (χ2n) is 21.0. The highest BCUT2D eigenvalue weighted by molar-refractivity contribution is 5.71. The minimum Gasteiger partial charge on any atom is -0.462 e. The lowest BCUT2D eigenvalue weighted by Crippen LogP contribution is -2.30. The summed E-state index contributed by atoms with van der Waals surface area (Å²) in [5, 5.41) is 0. The molecule has 418 valence electrons. The zero-order valence-corrected chi connectivity index (χ0v) is 47.9. The van der Waals surface area contributed by atoms with Gasteiger partial charge in [-0.15, -0.1) is 0 Å². The molecular formula is C66H118O6. The van der Waals surface area contributed by atoms with Crippen LogP contribution in [-0.4, -0.2) is 37.2 Å². The SMILES string of the molecule is CCCCC/C=C\C/C=C\CCCCCCCC(=O)OCC(COC(=O)CCCCCCCCCCC/C=C\CCCCCCCCCC)OC(=O)CCCCCCCCC/C=C\C/C=C\CCCCCC. The summed E-state index contributed by atoms with van der Waals surface area (Å²) in [6.07, 6.45) is 76.4. The largest absolute Gasteiger partial charge is 0.462 e. The summed E-state index contributed by atoms with van der Waals surface area (Å²) >= 11 is 0. The molecule has 0 amide bonds. The molecule has 72 heavy (non-hydrogen) atoms. The van der Waals surface area contributed by atoms with Gasteiger partial charge in [0, 0.05) is 19.3 Å². The van der Waals surface area contributed by atoms with Gasteiger partial charge in [-0.05, 0) is 109 Å². The molecule has 0 bridgehead atoms. The Balaban J connectivity index is 4.37. The van der Waals surface area contributed by atoms with Gasteiger partial charge in [0.1, 0.15) is 13.2 Å². The zero-order chi connectivity index (χ0) is 52.2. The number of unbranched alkanes of at least 4 members (excludes halogenated alkanes) is 36. The van der Waals surface area contributed by atoms with Gasteiger partial charge in [-0.3, -0.25) is 14.4 Å². The molecule has 0 aromatic heterocycles. The number of esters is 3. The van der Waals surface area contributed by atoms with Crippen LogP contribution in [0.2, 0.25) is 0 Å². The number of hydrogen-bond acceptors (Lipinski definition) is 6. The minimum absolute atomic E-state index is 0.0817. The fraction of sp³-hybridized carbons (Fsp3) is 0.803. The Kier molecular flexibility index (Phi) is 58.2. The smallest absolute Gasteiger partial charge is 0.306 e. The lowest BCUT2D eigenvalue weighted by atomic mass is 10.1. The van der Waals surface area contributed by atoms with E-state index in [-0.39, 0.29) is 31.1 Å². The van der Waals surface area contributed by atoms with Crippen LogP contribution in [0.4, 0.5) is 0 Å². The zero-order valence-electron chi connectivity index (χ0n) is 47.9. The lowest BCUT2D eigenvalue weighted by Gasteiger charge is -2.18. The van der Waals surface area contributed by atoms with E-state index in [4.69, 9.17) is 14.2 Å². The molecule has 0 saturated heterocycles. The summed E-state index contributed by atoms with van der Waals surface area (Å²) < 4.78 is 16.9. The Hall–Kier alpha value is -2.89. The Bertz CT molecular complexity index is 1290. The van der Waals surface area contributed by atoms with Gasteiger partial charge < -0.3 is 14.2 Å². The standard InChI is InChI=1S/C66H118O6/c1-4-7-10-13-16-19-22-25-28-30-32-33-34-36-38-41-44-47-50-53-56-59-65(68)71-62-63(61-70-64(67)58-55-52-49-46-43-40-37-27-24-21-18-15-12-9-6-3)72-66(69)60-57-54-51-48-45-42-39-35-31-29-26-23-20-17-14-11-8-5-2/h18,20-21,23,27,29-32,37,63H,4-17,19,22,24-26,28,33-36,38-62H2,1-3H3/b21-18-,23-20-,31-29-,32-30-,37-27-. The van der Waals surface area contributed by atoms with Crippen molar-refractivity contribution in [2.24, 2.45) is 0 Å². The van der Waals surface area contributed by atoms with Crippen molar-refractivity contribution in [3.05, 3.63) is 60.8 Å². The molecular weight excluding hydrogens is 889 g/mol. The summed E-state index contributed by atoms with van der Waals surface area (Å²) in [4.78, 5) is 38.3. The van der Waals surface area contributed by atoms with E-state index >= 15 is 0 Å². The molecule has 0 heterocycles. The van der Waals surface area contributed by atoms with Crippen LogP contribution in [0.3, 0.4) is 0 Å². The van der Waals surface area contributed by atoms with Crippen LogP contribution >= 0.6 is 0 Å². The van der Waals surface area contributed by atoms with Crippen molar-refractivity contribution in [3.8, 4) is 0 Å². The maximum atomic E-state index is 12.9. The summed E-state index contributed by atoms with van der Waals surface area (Å²) in [6.45, 7) is 6.61. The van der Waals surface area contributed by atoms with E-state index in [1.165, 1.54) is 193 Å². The average Bonchev–Trinajstić information content (AvgIpc) is 3.38. The first-order valence-corrected chi connectivity index (χ1v) is 31.3. The lowest BCUT2D eigenvalue weighted by molar-refractivity contribution is -0.167. The quantitative estimate of drug-likeness (QED) is 0.0261. The number of carbonyl (C=O) groups excluding carboxylic acids is 3. The molecule has 0 N–H and O–H groups in total. The predicted molar refractivity (Wildman–Crippen MR) is 312 cm³/mol. The Morgan fingerprint density at radius 2 is 0.500 bits per heavy atom. The van der Waals surface area contributed by atoms with Crippen LogP contribution in [0.25, 0.3) is 0 Å². The normalized spacial score (nSPS) is 12.4. The summed E-state index contributed by atoms with van der Waals surface area (Å²) in [7, 11) is 0. The van der Waals surface area contributed by atoms with Crippen LogP contribution in [-0.2, 0) is 28.6 Å². The van der Waals surface area contributed by atoms with E-state index < -0.39 is 6.10 Å². The van der Waals surface area contributed by atoms with Crippen molar-refractivity contribution in [1.82, 2.24) is 0 Å². The maximum Gasteiger partial charge on any atom is 0.306 e. The fourth-order valence-corrected chi connectivity index (χ4v) is 8.97. The van der Waals surface area contributed by atoms with E-state index in [0.717, 1.165) is 89.9 Å². The van der Waals surface area contributed by atoms with Crippen LogP contribution in [0.15, 0.2) is 60.8 Å². The van der Waals surface area contributed by atoms with Crippen molar-refractivity contribution in [2.75, 3.05) is 13.2 Å². The third kappa shape index (κ3) is 58.0. The predicted octanol–water partition coefficient (Wildman–Crippen LogP) is 21.2. The topological polar surface area (TPSA) is 78.9 Å². The second kappa shape index (κ2) is 60.7. The van der Waals surface area contributed by atoms with Gasteiger partial charge in [0.2, 0.25) is 0 Å². The molecule has 0 aliphatic heterocycles. The van der Waals surface area contributed by atoms with Crippen LogP contribution < -0.4 is 0 Å². The van der Waals surface area contributed by atoms with Crippen LogP contribution in [0, 0.1) is 0 Å². The van der Waals surface area contributed by atoms with Crippen molar-refractivity contribution in [2.45, 2.75) is 329 Å². The molecule has 0 radical (unpaired) electrons. The molecule has 1 atom stereocenters. The highest BCUT2D eigenvalue weighted by atomic mass is 16.6. The molecule has 0 fully saturated rings. The average molecular weight is 1010 g/mol. The Morgan fingerprint density at radius 3 is 0.819 bits per heavy atom. The Labute approximate surface area is 447 Å². The van der Waals surface area contributed by atoms with Gasteiger partial charge >= 0.3 is 17.9 Å². The molecule has 0 aliphatic carbocycles. The number of allylic oxidation sites excluding steroid dienone is 10. The summed E-state index contributed by atoms with van der Waals surface area (Å²) in [5.41, 5.74) is 0. The number of ether oxygens (including phenoxy) is 3. The first-order valence-electron chi connectivity index (χ1n) is 31.3. The molecule has 0 spiro atoms. The second-order valence-corrected chi connectivity index (χ2v) is 21.0. The molecule has 0 saturated carbocycles. The van der Waals surface area contributed by atoms with Crippen molar-refractivity contribution in [1.29, 1.82) is 0 Å². The van der Waals surface area contributed by atoms with Crippen LogP contribution in [0.5, 0.6) is 0 Å². The molecule has 0 aromatic carbocycles. The highest BCUT2D eigenvalue weighted by Gasteiger charge is 2.19. The van der Waals surface area contributed by atoms with Gasteiger partial charge in [-0.1, -0.05) is 255 Å². The highest BCUT2D eigenvalue weighted by Crippen LogP contribution is 2.16. The van der Waals surface area contributed by atoms with Gasteiger partial charge in [0.05, 0.1) is 0 Å². The first kappa shape index (κ1) is 69.1. The van der Waals surface area contributed by atoms with Gasteiger partial charge in [0.15, 0.2) is 6.10 Å². The third-order valence-corrected chi connectivity index (χ3v) is 13.7. The first-order chi connectivity index (χ1) is 35.5. The molecule has 6 nitrogen and oxygen atoms in total. The fourth-order valence-electron chi connectivity index (χ4n) is 8.97. The Morgan fingerprint density at radius 1 is 0.278 bits per heavy atom. The van der Waals surface area contributed by atoms with Gasteiger partial charge in [-0.25, -0.2) is 0 Å². The molecule has 6 heteroatoms. The number of hydrogen-bond donors (Lipinski definition) is 0. The molecule has 0 aliphatic rings.